The summed E-state index contributed by atoms with van der Waals surface area (Å²) in [6, 6.07) is 0. The number of quaternary nitrogens is 1. The van der Waals surface area contributed by atoms with E-state index in [-0.39, 0.29) is 25.6 Å². The summed E-state index contributed by atoms with van der Waals surface area (Å²) in [6.45, 7) is 4.49. The summed E-state index contributed by atoms with van der Waals surface area (Å²) in [5.74, 6) is -0.773. The molecular formula is C73H141NO8P+. The average molecular weight is 1190 g/mol. The number of phosphoric ester groups is 1. The van der Waals surface area contributed by atoms with E-state index in [1.807, 2.05) is 21.1 Å². The zero-order valence-corrected chi connectivity index (χ0v) is 56.9. The highest BCUT2D eigenvalue weighted by molar-refractivity contribution is 7.47. The number of carbonyl (C=O) groups excluding carboxylic acids is 2. The standard InChI is InChI=1S/C73H140NO8P/c1-6-8-10-12-14-16-18-20-22-24-26-28-29-30-31-32-33-34-35-36-37-38-39-40-41-42-43-44-45-46-48-50-52-54-56-58-60-62-64-66-73(76)82-71(70-81-83(77,78)80-68-67-74(3,4)5)69-79-72(75)65-63-61-59-57-55-53-51-49-47-27-25-23-21-19-17-15-13-11-9-7-2/h18,20,24,26,29-30,71H,6-17,19,21-23,25,27-28,31-70H2,1-5H3/p+1/b20-18-,26-24-,30-29-. The van der Waals surface area contributed by atoms with Crippen molar-refractivity contribution in [2.75, 3.05) is 47.5 Å². The van der Waals surface area contributed by atoms with Crippen LogP contribution in [-0.4, -0.2) is 74.9 Å². The summed E-state index contributed by atoms with van der Waals surface area (Å²) in [6.07, 6.45) is 82.7. The quantitative estimate of drug-likeness (QED) is 0.0211. The van der Waals surface area contributed by atoms with E-state index in [0.29, 0.717) is 23.9 Å². The number of hydrogen-bond acceptors (Lipinski definition) is 7. The number of nitrogens with zero attached hydrogens (tertiary/aromatic N) is 1. The van der Waals surface area contributed by atoms with Crippen LogP contribution in [-0.2, 0) is 32.7 Å². The summed E-state index contributed by atoms with van der Waals surface area (Å²) in [5, 5.41) is 0. The van der Waals surface area contributed by atoms with E-state index in [2.05, 4.69) is 50.3 Å². The summed E-state index contributed by atoms with van der Waals surface area (Å²) in [7, 11) is 1.50. The molecule has 0 spiro atoms. The van der Waals surface area contributed by atoms with E-state index in [4.69, 9.17) is 18.5 Å². The van der Waals surface area contributed by atoms with Crippen molar-refractivity contribution in [2.24, 2.45) is 0 Å². The van der Waals surface area contributed by atoms with Gasteiger partial charge in [-0.05, 0) is 51.4 Å². The Balaban J connectivity index is 3.91. The van der Waals surface area contributed by atoms with Crippen LogP contribution >= 0.6 is 7.82 Å². The Kier molecular flexibility index (Phi) is 63.3. The number of phosphoric acid groups is 1. The van der Waals surface area contributed by atoms with Gasteiger partial charge in [0.25, 0.3) is 0 Å². The van der Waals surface area contributed by atoms with Gasteiger partial charge in [0.05, 0.1) is 27.7 Å². The first-order valence-electron chi connectivity index (χ1n) is 36.2. The molecule has 10 heteroatoms. The van der Waals surface area contributed by atoms with Gasteiger partial charge in [-0.25, -0.2) is 4.57 Å². The van der Waals surface area contributed by atoms with Crippen molar-refractivity contribution < 1.29 is 42.1 Å². The van der Waals surface area contributed by atoms with Gasteiger partial charge >= 0.3 is 19.8 Å². The zero-order chi connectivity index (χ0) is 60.5. The minimum atomic E-state index is -4.39. The smallest absolute Gasteiger partial charge is 0.462 e. The van der Waals surface area contributed by atoms with Crippen molar-refractivity contribution in [3.63, 3.8) is 0 Å². The molecule has 0 aliphatic carbocycles. The number of rotatable bonds is 68. The van der Waals surface area contributed by atoms with Gasteiger partial charge < -0.3 is 18.9 Å². The molecule has 0 aromatic heterocycles. The van der Waals surface area contributed by atoms with Crippen LogP contribution in [0.25, 0.3) is 0 Å². The second-order valence-corrected chi connectivity index (χ2v) is 27.4. The molecule has 0 saturated carbocycles. The van der Waals surface area contributed by atoms with Crippen LogP contribution in [0.1, 0.15) is 367 Å². The molecule has 2 unspecified atom stereocenters. The molecule has 0 saturated heterocycles. The number of likely N-dealkylation sites (N-methyl/N-ethyl adjacent to an activating group) is 1. The van der Waals surface area contributed by atoms with Gasteiger partial charge in [-0.15, -0.1) is 0 Å². The first-order valence-corrected chi connectivity index (χ1v) is 37.7. The highest BCUT2D eigenvalue weighted by atomic mass is 31.2. The molecule has 0 radical (unpaired) electrons. The summed E-state index contributed by atoms with van der Waals surface area (Å²) < 4.78 is 34.7. The number of hydrogen-bond donors (Lipinski definition) is 1. The molecule has 0 amide bonds. The van der Waals surface area contributed by atoms with Gasteiger partial charge in [-0.1, -0.05) is 339 Å². The number of allylic oxidation sites excluding steroid dienone is 6. The molecular weight excluding hydrogens is 1050 g/mol. The zero-order valence-electron chi connectivity index (χ0n) is 56.0. The third kappa shape index (κ3) is 69.2. The molecule has 0 aromatic rings. The lowest BCUT2D eigenvalue weighted by atomic mass is 10.0. The molecule has 9 nitrogen and oxygen atoms in total. The van der Waals surface area contributed by atoms with Crippen LogP contribution in [0.5, 0.6) is 0 Å². The van der Waals surface area contributed by atoms with Crippen LogP contribution in [0.2, 0.25) is 0 Å². The summed E-state index contributed by atoms with van der Waals surface area (Å²) in [4.78, 5) is 35.8. The van der Waals surface area contributed by atoms with E-state index in [1.54, 1.807) is 0 Å². The van der Waals surface area contributed by atoms with Crippen molar-refractivity contribution in [1.29, 1.82) is 0 Å². The molecule has 83 heavy (non-hydrogen) atoms. The van der Waals surface area contributed by atoms with Crippen molar-refractivity contribution in [1.82, 2.24) is 0 Å². The Hall–Kier alpha value is -1.77. The highest BCUT2D eigenvalue weighted by Crippen LogP contribution is 2.43. The number of esters is 2. The maximum absolute atomic E-state index is 12.9. The molecule has 0 bridgehead atoms. The van der Waals surface area contributed by atoms with Gasteiger partial charge in [-0.3, -0.25) is 18.6 Å². The molecule has 2 atom stereocenters. The minimum absolute atomic E-state index is 0.0356. The molecule has 0 aliphatic heterocycles. The molecule has 0 rings (SSSR count). The first kappa shape index (κ1) is 81.2. The van der Waals surface area contributed by atoms with Crippen LogP contribution in [0.3, 0.4) is 0 Å². The largest absolute Gasteiger partial charge is 0.472 e. The van der Waals surface area contributed by atoms with Crippen LogP contribution in [0.15, 0.2) is 36.5 Å². The van der Waals surface area contributed by atoms with Crippen molar-refractivity contribution in [3.05, 3.63) is 36.5 Å². The molecule has 0 fully saturated rings. The molecule has 490 valence electrons. The fraction of sp³-hybridized carbons (Fsp3) is 0.890. The van der Waals surface area contributed by atoms with Gasteiger partial charge in [0.2, 0.25) is 0 Å². The first-order chi connectivity index (χ1) is 40.5. The number of unbranched alkanes of at least 4 members (excludes halogenated alkanes) is 48. The lowest BCUT2D eigenvalue weighted by molar-refractivity contribution is -0.870. The van der Waals surface area contributed by atoms with E-state index < -0.39 is 26.5 Å². The Morgan fingerprint density at radius 1 is 0.373 bits per heavy atom. The fourth-order valence-corrected chi connectivity index (χ4v) is 11.6. The lowest BCUT2D eigenvalue weighted by Gasteiger charge is -2.24. The number of ether oxygens (including phenoxy) is 2. The van der Waals surface area contributed by atoms with Crippen molar-refractivity contribution >= 4 is 19.8 Å². The minimum Gasteiger partial charge on any atom is -0.462 e. The van der Waals surface area contributed by atoms with Crippen LogP contribution < -0.4 is 0 Å². The van der Waals surface area contributed by atoms with Gasteiger partial charge in [-0.2, -0.15) is 0 Å². The Labute approximate surface area is 516 Å². The lowest BCUT2D eigenvalue weighted by Crippen LogP contribution is -2.37. The van der Waals surface area contributed by atoms with Crippen molar-refractivity contribution in [2.45, 2.75) is 373 Å². The van der Waals surface area contributed by atoms with Gasteiger partial charge in [0.1, 0.15) is 19.8 Å². The number of carbonyl (C=O) groups is 2. The summed E-state index contributed by atoms with van der Waals surface area (Å²) >= 11 is 0. The van der Waals surface area contributed by atoms with E-state index in [0.717, 1.165) is 44.9 Å². The molecule has 1 N–H and O–H groups in total. The van der Waals surface area contributed by atoms with Crippen LogP contribution in [0, 0.1) is 0 Å². The van der Waals surface area contributed by atoms with Gasteiger partial charge in [0.15, 0.2) is 6.10 Å². The summed E-state index contributed by atoms with van der Waals surface area (Å²) in [5.41, 5.74) is 0. The monoisotopic (exact) mass is 1190 g/mol. The normalized spacial score (nSPS) is 13.3. The maximum Gasteiger partial charge on any atom is 0.472 e. The molecule has 0 heterocycles. The van der Waals surface area contributed by atoms with Gasteiger partial charge in [0, 0.05) is 12.8 Å². The maximum atomic E-state index is 12.9. The molecule has 0 aliphatic rings. The third-order valence-electron chi connectivity index (χ3n) is 16.4. The predicted molar refractivity (Wildman–Crippen MR) is 358 cm³/mol. The highest BCUT2D eigenvalue weighted by Gasteiger charge is 2.27. The van der Waals surface area contributed by atoms with E-state index in [1.165, 1.54) is 289 Å². The SMILES string of the molecule is CCCCCCC/C=C\C/C=C\C/C=C\CCCCCCCCCCCCCCCCCCCCCCCCCCC(=O)OC(COC(=O)CCCCCCCCCCCCCCCCCCCCCC)COP(=O)(O)OCC[N+](C)(C)C. The van der Waals surface area contributed by atoms with Crippen molar-refractivity contribution in [3.8, 4) is 0 Å². The average Bonchev–Trinajstić information content (AvgIpc) is 3.48. The van der Waals surface area contributed by atoms with E-state index in [9.17, 15) is 19.0 Å². The van der Waals surface area contributed by atoms with Crippen LogP contribution in [0.4, 0.5) is 0 Å². The Morgan fingerprint density at radius 2 is 0.651 bits per heavy atom. The van der Waals surface area contributed by atoms with E-state index >= 15 is 0 Å². The predicted octanol–water partition coefficient (Wildman–Crippen LogP) is 23.4. The Bertz CT molecular complexity index is 1490. The Morgan fingerprint density at radius 3 is 0.964 bits per heavy atom. The fourth-order valence-electron chi connectivity index (χ4n) is 10.9. The molecule has 0 aromatic carbocycles. The second kappa shape index (κ2) is 64.7. The second-order valence-electron chi connectivity index (χ2n) is 26.0. The topological polar surface area (TPSA) is 108 Å². The third-order valence-corrected chi connectivity index (χ3v) is 17.4.